The van der Waals surface area contributed by atoms with E-state index in [4.69, 9.17) is 5.11 Å². The van der Waals surface area contributed by atoms with Crippen molar-refractivity contribution in [2.45, 2.75) is 38.9 Å². The Kier molecular flexibility index (Phi) is 5.02. The predicted octanol–water partition coefficient (Wildman–Crippen LogP) is 1.62. The fraction of sp³-hybridized carbons (Fsp3) is 0.600. The second kappa shape index (κ2) is 6.29. The molecule has 0 fully saturated rings. The number of alkyl halides is 2. The van der Waals surface area contributed by atoms with Gasteiger partial charge < -0.3 is 5.11 Å². The van der Waals surface area contributed by atoms with Crippen molar-refractivity contribution in [1.29, 1.82) is 0 Å². The van der Waals surface area contributed by atoms with Crippen molar-refractivity contribution in [1.82, 2.24) is 14.9 Å². The molecule has 0 saturated heterocycles. The first kappa shape index (κ1) is 13.6. The molecule has 0 saturated carbocycles. The van der Waals surface area contributed by atoms with Gasteiger partial charge in [0, 0.05) is 12.4 Å². The Bertz CT molecular complexity index is 368. The zero-order chi connectivity index (χ0) is 12.8. The molecule has 17 heavy (non-hydrogen) atoms. The van der Waals surface area contributed by atoms with Gasteiger partial charge in [0.1, 0.15) is 11.9 Å². The molecule has 0 aromatic carbocycles. The fourth-order valence-electron chi connectivity index (χ4n) is 1.47. The van der Waals surface area contributed by atoms with Gasteiger partial charge in [-0.1, -0.05) is 13.3 Å². The third-order valence-corrected chi connectivity index (χ3v) is 2.34. The van der Waals surface area contributed by atoms with Crippen molar-refractivity contribution >= 4 is 5.97 Å². The number of aromatic nitrogens is 2. The van der Waals surface area contributed by atoms with E-state index in [1.165, 1.54) is 6.20 Å². The second-order valence-electron chi connectivity index (χ2n) is 3.59. The molecule has 2 N–H and O–H groups in total. The van der Waals surface area contributed by atoms with Gasteiger partial charge in [0.2, 0.25) is 0 Å². The summed E-state index contributed by atoms with van der Waals surface area (Å²) in [6.07, 6.45) is 3.58. The second-order valence-corrected chi connectivity index (χ2v) is 3.59. The molecule has 1 heterocycles. The monoisotopic (exact) mass is 247 g/mol. The number of hydrogen-bond acceptors (Lipinski definition) is 3. The van der Waals surface area contributed by atoms with Crippen molar-refractivity contribution in [2.75, 3.05) is 0 Å². The fourth-order valence-corrected chi connectivity index (χ4v) is 1.47. The van der Waals surface area contributed by atoms with Crippen LogP contribution in [0.2, 0.25) is 0 Å². The van der Waals surface area contributed by atoms with Gasteiger partial charge in [-0.2, -0.15) is 8.78 Å². The lowest BCUT2D eigenvalue weighted by atomic mass is 10.2. The van der Waals surface area contributed by atoms with Crippen LogP contribution in [0.5, 0.6) is 0 Å². The minimum absolute atomic E-state index is 0.00824. The number of nitrogens with one attached hydrogen (secondary N) is 1. The number of carboxylic acid groups (broad SMARTS) is 1. The highest BCUT2D eigenvalue weighted by atomic mass is 19.3. The van der Waals surface area contributed by atoms with Crippen LogP contribution in [0.15, 0.2) is 12.4 Å². The number of halogens is 2. The van der Waals surface area contributed by atoms with Crippen LogP contribution in [0.1, 0.15) is 32.1 Å². The molecule has 1 aromatic heterocycles. The molecule has 0 aliphatic rings. The van der Waals surface area contributed by atoms with E-state index in [1.54, 1.807) is 0 Å². The minimum atomic E-state index is -2.66. The van der Waals surface area contributed by atoms with Crippen molar-refractivity contribution in [3.63, 3.8) is 0 Å². The summed E-state index contributed by atoms with van der Waals surface area (Å²) in [6.45, 7) is -0.796. The van der Waals surface area contributed by atoms with Crippen LogP contribution >= 0.6 is 0 Å². The summed E-state index contributed by atoms with van der Waals surface area (Å²) < 4.78 is 25.6. The number of aliphatic carboxylic acids is 1. The van der Waals surface area contributed by atoms with Crippen LogP contribution in [-0.2, 0) is 11.3 Å². The number of hydrogen-bond donors (Lipinski definition) is 2. The first-order valence-corrected chi connectivity index (χ1v) is 5.32. The molecule has 7 heteroatoms. The molecule has 0 aliphatic carbocycles. The molecule has 0 spiro atoms. The molecule has 1 atom stereocenters. The molecule has 96 valence electrons. The topological polar surface area (TPSA) is 67.2 Å². The average molecular weight is 247 g/mol. The Labute approximate surface area is 97.5 Å². The summed E-state index contributed by atoms with van der Waals surface area (Å²) >= 11 is 0. The molecule has 1 unspecified atom stereocenters. The maximum absolute atomic E-state index is 12.5. The van der Waals surface area contributed by atoms with Crippen LogP contribution < -0.4 is 5.32 Å². The number of carboxylic acids is 1. The first-order valence-electron chi connectivity index (χ1n) is 5.32. The van der Waals surface area contributed by atoms with Crippen LogP contribution in [0, 0.1) is 0 Å². The maximum atomic E-state index is 12.5. The summed E-state index contributed by atoms with van der Waals surface area (Å²) in [4.78, 5) is 14.6. The zero-order valence-corrected chi connectivity index (χ0v) is 9.44. The number of carbonyl (C=O) groups is 1. The lowest BCUT2D eigenvalue weighted by molar-refractivity contribution is -0.139. The van der Waals surface area contributed by atoms with Crippen LogP contribution in [0.3, 0.4) is 0 Å². The normalized spacial score (nSPS) is 12.9. The Hall–Kier alpha value is -1.50. The van der Waals surface area contributed by atoms with E-state index >= 15 is 0 Å². The van der Waals surface area contributed by atoms with Crippen LogP contribution in [0.4, 0.5) is 8.78 Å². The van der Waals surface area contributed by atoms with Gasteiger partial charge >= 0.3 is 12.5 Å². The number of nitrogens with zero attached hydrogens (tertiary/aromatic N) is 2. The van der Waals surface area contributed by atoms with Crippen LogP contribution in [-0.4, -0.2) is 26.7 Å². The van der Waals surface area contributed by atoms with Gasteiger partial charge in [0.05, 0.1) is 6.54 Å². The summed E-state index contributed by atoms with van der Waals surface area (Å²) in [5, 5.41) is 11.6. The molecular weight excluding hydrogens is 232 g/mol. The highest BCUT2D eigenvalue weighted by Crippen LogP contribution is 2.12. The van der Waals surface area contributed by atoms with E-state index in [0.29, 0.717) is 17.4 Å². The third kappa shape index (κ3) is 3.77. The van der Waals surface area contributed by atoms with E-state index in [0.717, 1.165) is 6.20 Å². The Balaban J connectivity index is 2.59. The Morgan fingerprint density at radius 1 is 1.65 bits per heavy atom. The van der Waals surface area contributed by atoms with Crippen LogP contribution in [0.25, 0.3) is 0 Å². The molecule has 0 bridgehead atoms. The molecule has 0 amide bonds. The Morgan fingerprint density at radius 3 is 2.88 bits per heavy atom. The first-order chi connectivity index (χ1) is 8.06. The van der Waals surface area contributed by atoms with Crippen molar-refractivity contribution in [3.8, 4) is 0 Å². The summed E-state index contributed by atoms with van der Waals surface area (Å²) in [5.74, 6) is -0.857. The van der Waals surface area contributed by atoms with E-state index in [2.05, 4.69) is 10.3 Å². The van der Waals surface area contributed by atoms with Gasteiger partial charge in [0.15, 0.2) is 0 Å². The lowest BCUT2D eigenvalue weighted by Gasteiger charge is -2.13. The van der Waals surface area contributed by atoms with Crippen molar-refractivity contribution < 1.29 is 18.7 Å². The molecule has 0 aliphatic heterocycles. The lowest BCUT2D eigenvalue weighted by Crippen LogP contribution is -2.36. The smallest absolute Gasteiger partial charge is 0.320 e. The highest BCUT2D eigenvalue weighted by molar-refractivity contribution is 5.73. The molecule has 0 radical (unpaired) electrons. The molecular formula is C10H15F2N3O2. The number of imidazole rings is 1. The Morgan fingerprint density at radius 2 is 2.35 bits per heavy atom. The van der Waals surface area contributed by atoms with Gasteiger partial charge in [-0.15, -0.1) is 0 Å². The van der Waals surface area contributed by atoms with E-state index in [-0.39, 0.29) is 12.4 Å². The molecule has 1 rings (SSSR count). The molecule has 1 aromatic rings. The summed E-state index contributed by atoms with van der Waals surface area (Å²) in [5.41, 5.74) is 0. The quantitative estimate of drug-likeness (QED) is 0.768. The van der Waals surface area contributed by atoms with Gasteiger partial charge in [-0.05, 0) is 6.42 Å². The largest absolute Gasteiger partial charge is 0.480 e. The zero-order valence-electron chi connectivity index (χ0n) is 9.44. The predicted molar refractivity (Wildman–Crippen MR) is 56.7 cm³/mol. The van der Waals surface area contributed by atoms with Gasteiger partial charge in [-0.25, -0.2) is 4.98 Å². The minimum Gasteiger partial charge on any atom is -0.480 e. The van der Waals surface area contributed by atoms with E-state index < -0.39 is 18.6 Å². The van der Waals surface area contributed by atoms with Crippen molar-refractivity contribution in [3.05, 3.63) is 18.2 Å². The highest BCUT2D eigenvalue weighted by Gasteiger charge is 2.17. The molecule has 5 nitrogen and oxygen atoms in total. The van der Waals surface area contributed by atoms with Gasteiger partial charge in [0.25, 0.3) is 0 Å². The summed E-state index contributed by atoms with van der Waals surface area (Å²) in [6, 6.07) is -0.733. The maximum Gasteiger partial charge on any atom is 0.320 e. The summed E-state index contributed by atoms with van der Waals surface area (Å²) in [7, 11) is 0. The third-order valence-electron chi connectivity index (χ3n) is 2.34. The SMILES string of the molecule is CCCC(NCc1nccn1C(F)F)C(=O)O. The van der Waals surface area contributed by atoms with Crippen molar-refractivity contribution in [2.24, 2.45) is 0 Å². The average Bonchev–Trinajstić information content (AvgIpc) is 2.71. The van der Waals surface area contributed by atoms with Gasteiger partial charge in [-0.3, -0.25) is 14.7 Å². The number of rotatable bonds is 7. The standard InChI is InChI=1S/C10H15F2N3O2/c1-2-3-7(9(16)17)14-6-8-13-4-5-15(8)10(11)12/h4-5,7,10,14H,2-3,6H2,1H3,(H,16,17). The van der Waals surface area contributed by atoms with E-state index in [9.17, 15) is 13.6 Å². The van der Waals surface area contributed by atoms with E-state index in [1.807, 2.05) is 6.92 Å².